The second-order valence-corrected chi connectivity index (χ2v) is 3.54. The third kappa shape index (κ3) is 4.49. The molecule has 1 N–H and O–H groups in total. The Hall–Kier alpha value is -1.29. The van der Waals surface area contributed by atoms with Gasteiger partial charge in [-0.05, 0) is 19.4 Å². The number of nitrogens with one attached hydrogen (secondary N) is 1. The summed E-state index contributed by atoms with van der Waals surface area (Å²) >= 11 is 5.50. The van der Waals surface area contributed by atoms with E-state index >= 15 is 0 Å². The van der Waals surface area contributed by atoms with Crippen LogP contribution in [0.5, 0.6) is 5.88 Å². The van der Waals surface area contributed by atoms with Gasteiger partial charge in [-0.25, -0.2) is 4.98 Å². The molecule has 88 valence electrons. The Kier molecular flexibility index (Phi) is 5.64. The summed E-state index contributed by atoms with van der Waals surface area (Å²) in [6.07, 6.45) is 2.68. The fourth-order valence-electron chi connectivity index (χ4n) is 1.14. The highest BCUT2D eigenvalue weighted by Crippen LogP contribution is 2.11. The van der Waals surface area contributed by atoms with Gasteiger partial charge in [-0.2, -0.15) is 0 Å². The fraction of sp³-hybridized carbons (Fsp3) is 0.455. The van der Waals surface area contributed by atoms with Crippen molar-refractivity contribution in [2.24, 2.45) is 0 Å². The van der Waals surface area contributed by atoms with E-state index in [1.54, 1.807) is 18.3 Å². The van der Waals surface area contributed by atoms with E-state index in [0.29, 0.717) is 36.9 Å². The number of amides is 1. The van der Waals surface area contributed by atoms with Crippen LogP contribution < -0.4 is 10.1 Å². The van der Waals surface area contributed by atoms with Crippen molar-refractivity contribution in [1.82, 2.24) is 4.98 Å². The molecule has 0 saturated carbocycles. The largest absolute Gasteiger partial charge is 0.478 e. The van der Waals surface area contributed by atoms with Gasteiger partial charge in [0, 0.05) is 18.4 Å². The molecular weight excluding hydrogens is 228 g/mol. The molecule has 0 fully saturated rings. The van der Waals surface area contributed by atoms with Gasteiger partial charge in [0.2, 0.25) is 11.8 Å². The van der Waals surface area contributed by atoms with Crippen molar-refractivity contribution in [1.29, 1.82) is 0 Å². The molecule has 1 rings (SSSR count). The summed E-state index contributed by atoms with van der Waals surface area (Å²) in [5.74, 6) is 1.00. The van der Waals surface area contributed by atoms with E-state index in [1.165, 1.54) is 0 Å². The Bertz CT molecular complexity index is 327. The highest BCUT2D eigenvalue weighted by atomic mass is 35.5. The first kappa shape index (κ1) is 12.8. The lowest BCUT2D eigenvalue weighted by molar-refractivity contribution is -0.116. The molecule has 1 aromatic rings. The van der Waals surface area contributed by atoms with Crippen LogP contribution in [0.1, 0.15) is 19.8 Å². The molecule has 0 bridgehead atoms. The van der Waals surface area contributed by atoms with Gasteiger partial charge in [0.25, 0.3) is 0 Å². The number of carbonyl (C=O) groups is 1. The number of anilines is 1. The molecule has 0 spiro atoms. The second-order valence-electron chi connectivity index (χ2n) is 3.16. The third-order valence-electron chi connectivity index (χ3n) is 1.85. The molecular formula is C11H15ClN2O2. The SMILES string of the molecule is CCOc1ccc(NC(=O)CCCCl)cn1. The van der Waals surface area contributed by atoms with Gasteiger partial charge >= 0.3 is 0 Å². The molecule has 0 atom stereocenters. The monoisotopic (exact) mass is 242 g/mol. The van der Waals surface area contributed by atoms with E-state index in [9.17, 15) is 4.79 Å². The van der Waals surface area contributed by atoms with Crippen LogP contribution in [0.15, 0.2) is 18.3 Å². The van der Waals surface area contributed by atoms with Gasteiger partial charge in [0.15, 0.2) is 0 Å². The van der Waals surface area contributed by atoms with Crippen molar-refractivity contribution in [3.63, 3.8) is 0 Å². The van der Waals surface area contributed by atoms with Crippen LogP contribution in [0.25, 0.3) is 0 Å². The van der Waals surface area contributed by atoms with E-state index < -0.39 is 0 Å². The van der Waals surface area contributed by atoms with Crippen LogP contribution >= 0.6 is 11.6 Å². The van der Waals surface area contributed by atoms with Gasteiger partial charge < -0.3 is 10.1 Å². The smallest absolute Gasteiger partial charge is 0.224 e. The van der Waals surface area contributed by atoms with Gasteiger partial charge in [-0.1, -0.05) is 0 Å². The number of nitrogens with zero attached hydrogens (tertiary/aromatic N) is 1. The first-order valence-electron chi connectivity index (χ1n) is 5.21. The predicted octanol–water partition coefficient (Wildman–Crippen LogP) is 2.44. The second kappa shape index (κ2) is 7.06. The van der Waals surface area contributed by atoms with Crippen LogP contribution in [0, 0.1) is 0 Å². The number of hydrogen-bond acceptors (Lipinski definition) is 3. The Morgan fingerprint density at radius 2 is 2.38 bits per heavy atom. The van der Waals surface area contributed by atoms with Crippen LogP contribution in [-0.2, 0) is 4.79 Å². The number of hydrogen-bond donors (Lipinski definition) is 1. The number of carbonyl (C=O) groups excluding carboxylic acids is 1. The third-order valence-corrected chi connectivity index (χ3v) is 2.12. The predicted molar refractivity (Wildman–Crippen MR) is 64.0 cm³/mol. The van der Waals surface area contributed by atoms with Crippen molar-refractivity contribution in [2.75, 3.05) is 17.8 Å². The minimum Gasteiger partial charge on any atom is -0.478 e. The van der Waals surface area contributed by atoms with Gasteiger partial charge in [0.05, 0.1) is 18.5 Å². The number of alkyl halides is 1. The Morgan fingerprint density at radius 1 is 1.56 bits per heavy atom. The van der Waals surface area contributed by atoms with Crippen molar-refractivity contribution in [3.8, 4) is 5.88 Å². The summed E-state index contributed by atoms with van der Waals surface area (Å²) in [5, 5.41) is 2.73. The lowest BCUT2D eigenvalue weighted by Gasteiger charge is -2.05. The Balaban J connectivity index is 2.45. The minimum atomic E-state index is -0.0494. The maximum Gasteiger partial charge on any atom is 0.224 e. The van der Waals surface area contributed by atoms with Crippen LogP contribution in [0.4, 0.5) is 5.69 Å². The highest BCUT2D eigenvalue weighted by Gasteiger charge is 2.02. The highest BCUT2D eigenvalue weighted by molar-refractivity contribution is 6.18. The molecule has 16 heavy (non-hydrogen) atoms. The maximum absolute atomic E-state index is 11.4. The molecule has 0 unspecified atom stereocenters. The quantitative estimate of drug-likeness (QED) is 0.780. The van der Waals surface area contributed by atoms with Crippen molar-refractivity contribution in [3.05, 3.63) is 18.3 Å². The first-order valence-corrected chi connectivity index (χ1v) is 5.74. The molecule has 1 aromatic heterocycles. The van der Waals surface area contributed by atoms with Crippen molar-refractivity contribution >= 4 is 23.2 Å². The molecule has 0 aliphatic rings. The molecule has 4 nitrogen and oxygen atoms in total. The molecule has 0 radical (unpaired) electrons. The average molecular weight is 243 g/mol. The Labute approximate surface area is 100.0 Å². The normalized spacial score (nSPS) is 9.88. The van der Waals surface area contributed by atoms with Gasteiger partial charge in [-0.15, -0.1) is 11.6 Å². The maximum atomic E-state index is 11.4. The zero-order valence-corrected chi connectivity index (χ0v) is 9.96. The summed E-state index contributed by atoms with van der Waals surface area (Å²) in [5.41, 5.74) is 0.669. The lowest BCUT2D eigenvalue weighted by Crippen LogP contribution is -2.11. The molecule has 1 heterocycles. The molecule has 0 aromatic carbocycles. The number of aromatic nitrogens is 1. The molecule has 5 heteroatoms. The summed E-state index contributed by atoms with van der Waals surface area (Å²) in [4.78, 5) is 15.4. The molecule has 0 aliphatic heterocycles. The molecule has 1 amide bonds. The van der Waals surface area contributed by atoms with Gasteiger partial charge in [-0.3, -0.25) is 4.79 Å². The molecule has 0 saturated heterocycles. The molecule has 0 aliphatic carbocycles. The van der Waals surface area contributed by atoms with E-state index in [1.807, 2.05) is 6.92 Å². The standard InChI is InChI=1S/C11H15ClN2O2/c1-2-16-11-6-5-9(8-13-11)14-10(15)4-3-7-12/h5-6,8H,2-4,7H2,1H3,(H,14,15). The fourth-order valence-corrected chi connectivity index (χ4v) is 1.27. The number of ether oxygens (including phenoxy) is 1. The van der Waals surface area contributed by atoms with E-state index in [0.717, 1.165) is 0 Å². The van der Waals surface area contributed by atoms with E-state index in [4.69, 9.17) is 16.3 Å². The average Bonchev–Trinajstić information content (AvgIpc) is 2.29. The number of rotatable bonds is 6. The summed E-state index contributed by atoms with van der Waals surface area (Å²) in [6, 6.07) is 3.48. The summed E-state index contributed by atoms with van der Waals surface area (Å²) in [7, 11) is 0. The van der Waals surface area contributed by atoms with E-state index in [2.05, 4.69) is 10.3 Å². The van der Waals surface area contributed by atoms with Crippen LogP contribution in [0.2, 0.25) is 0 Å². The number of pyridine rings is 1. The van der Waals surface area contributed by atoms with Crippen molar-refractivity contribution in [2.45, 2.75) is 19.8 Å². The summed E-state index contributed by atoms with van der Waals surface area (Å²) in [6.45, 7) is 2.47. The van der Waals surface area contributed by atoms with Crippen LogP contribution in [-0.4, -0.2) is 23.4 Å². The van der Waals surface area contributed by atoms with Crippen LogP contribution in [0.3, 0.4) is 0 Å². The number of halogens is 1. The summed E-state index contributed by atoms with van der Waals surface area (Å²) < 4.78 is 5.19. The lowest BCUT2D eigenvalue weighted by atomic mass is 10.3. The Morgan fingerprint density at radius 3 is 2.94 bits per heavy atom. The topological polar surface area (TPSA) is 51.2 Å². The van der Waals surface area contributed by atoms with E-state index in [-0.39, 0.29) is 5.91 Å². The zero-order chi connectivity index (χ0) is 11.8. The minimum absolute atomic E-state index is 0.0494. The van der Waals surface area contributed by atoms with Gasteiger partial charge in [0.1, 0.15) is 0 Å². The van der Waals surface area contributed by atoms with Crippen molar-refractivity contribution < 1.29 is 9.53 Å². The first-order chi connectivity index (χ1) is 7.76. The zero-order valence-electron chi connectivity index (χ0n) is 9.20.